The number of carbonyl (C=O) groups is 1. The largest absolute Gasteiger partial charge is 0.550 e. The third-order valence-electron chi connectivity index (χ3n) is 2.04. The van der Waals surface area contributed by atoms with Gasteiger partial charge in [0.1, 0.15) is 0 Å². The van der Waals surface area contributed by atoms with E-state index in [2.05, 4.69) is 0 Å². The second-order valence-electron chi connectivity index (χ2n) is 3.46. The van der Waals surface area contributed by atoms with Gasteiger partial charge in [-0.1, -0.05) is 18.5 Å². The number of sulfone groups is 1. The van der Waals surface area contributed by atoms with Crippen LogP contribution >= 0.6 is 11.6 Å². The molecule has 1 rings (SSSR count). The van der Waals surface area contributed by atoms with Crippen LogP contribution in [0.3, 0.4) is 0 Å². The zero-order chi connectivity index (χ0) is 12.3. The number of benzene rings is 1. The lowest BCUT2D eigenvalue weighted by Crippen LogP contribution is -2.33. The maximum Gasteiger partial charge on any atom is 0.179 e. The van der Waals surface area contributed by atoms with Gasteiger partial charge in [0.05, 0.1) is 10.6 Å². The van der Waals surface area contributed by atoms with Crippen molar-refractivity contribution in [2.45, 2.75) is 11.8 Å². The molecule has 4 nitrogen and oxygen atoms in total. The van der Waals surface area contributed by atoms with Crippen LogP contribution in [0.1, 0.15) is 6.92 Å². The summed E-state index contributed by atoms with van der Waals surface area (Å²) in [6, 6.07) is 5.58. The van der Waals surface area contributed by atoms with Crippen LogP contribution in [0.15, 0.2) is 29.2 Å². The van der Waals surface area contributed by atoms with E-state index in [1.165, 1.54) is 31.2 Å². The summed E-state index contributed by atoms with van der Waals surface area (Å²) in [6.45, 7) is 1.29. The van der Waals surface area contributed by atoms with Crippen LogP contribution in [0.2, 0.25) is 5.02 Å². The van der Waals surface area contributed by atoms with Gasteiger partial charge in [-0.15, -0.1) is 0 Å². The first-order valence-electron chi connectivity index (χ1n) is 4.52. The first-order chi connectivity index (χ1) is 7.33. The highest BCUT2D eigenvalue weighted by atomic mass is 35.5. The minimum atomic E-state index is -3.60. The summed E-state index contributed by atoms with van der Waals surface area (Å²) in [4.78, 5) is 10.5. The normalized spacial score (nSPS) is 13.4. The Morgan fingerprint density at radius 2 is 1.88 bits per heavy atom. The molecule has 0 unspecified atom stereocenters. The molecule has 0 radical (unpaired) electrons. The maximum atomic E-state index is 11.7. The quantitative estimate of drug-likeness (QED) is 0.791. The molecule has 0 bridgehead atoms. The summed E-state index contributed by atoms with van der Waals surface area (Å²) < 4.78 is 23.4. The van der Waals surface area contributed by atoms with Crippen molar-refractivity contribution in [2.75, 3.05) is 5.75 Å². The number of aliphatic carboxylic acids is 1. The molecule has 0 amide bonds. The summed E-state index contributed by atoms with van der Waals surface area (Å²) in [5.41, 5.74) is 0. The van der Waals surface area contributed by atoms with Crippen molar-refractivity contribution in [3.8, 4) is 0 Å². The van der Waals surface area contributed by atoms with Crippen LogP contribution in [0.4, 0.5) is 0 Å². The Morgan fingerprint density at radius 1 is 1.38 bits per heavy atom. The predicted molar refractivity (Wildman–Crippen MR) is 57.7 cm³/mol. The van der Waals surface area contributed by atoms with Crippen LogP contribution in [0.25, 0.3) is 0 Å². The molecule has 1 aromatic carbocycles. The number of halogens is 1. The van der Waals surface area contributed by atoms with Gasteiger partial charge in [-0.2, -0.15) is 0 Å². The zero-order valence-electron chi connectivity index (χ0n) is 8.51. The number of rotatable bonds is 4. The third kappa shape index (κ3) is 3.21. The van der Waals surface area contributed by atoms with Crippen molar-refractivity contribution in [1.82, 2.24) is 0 Å². The summed E-state index contributed by atoms with van der Waals surface area (Å²) >= 11 is 5.62. The molecule has 0 spiro atoms. The van der Waals surface area contributed by atoms with Crippen molar-refractivity contribution < 1.29 is 18.3 Å². The van der Waals surface area contributed by atoms with Crippen molar-refractivity contribution >= 4 is 27.4 Å². The molecular weight excluding hydrogens is 252 g/mol. The highest BCUT2D eigenvalue weighted by molar-refractivity contribution is 7.91. The van der Waals surface area contributed by atoms with Crippen molar-refractivity contribution in [2.24, 2.45) is 5.92 Å². The van der Waals surface area contributed by atoms with Gasteiger partial charge in [0.25, 0.3) is 0 Å². The van der Waals surface area contributed by atoms with E-state index >= 15 is 0 Å². The van der Waals surface area contributed by atoms with E-state index in [-0.39, 0.29) is 4.90 Å². The van der Waals surface area contributed by atoms with E-state index in [1.54, 1.807) is 0 Å². The Balaban J connectivity index is 2.94. The number of carboxylic acid groups (broad SMARTS) is 1. The SMILES string of the molecule is C[C@@H](CS(=O)(=O)c1ccc(Cl)cc1)C(=O)[O-]. The van der Waals surface area contributed by atoms with Gasteiger partial charge in [0.2, 0.25) is 0 Å². The fourth-order valence-corrected chi connectivity index (χ4v) is 2.80. The van der Waals surface area contributed by atoms with Crippen LogP contribution in [0, 0.1) is 5.92 Å². The highest BCUT2D eigenvalue weighted by Crippen LogP contribution is 2.17. The molecule has 0 aliphatic rings. The fraction of sp³-hybridized carbons (Fsp3) is 0.300. The van der Waals surface area contributed by atoms with Crippen molar-refractivity contribution in [1.29, 1.82) is 0 Å². The highest BCUT2D eigenvalue weighted by Gasteiger charge is 2.18. The smallest absolute Gasteiger partial charge is 0.179 e. The number of carboxylic acids is 1. The molecule has 0 aliphatic heterocycles. The maximum absolute atomic E-state index is 11.7. The average molecular weight is 262 g/mol. The molecule has 16 heavy (non-hydrogen) atoms. The minimum Gasteiger partial charge on any atom is -0.550 e. The molecule has 0 heterocycles. The Bertz CT molecular complexity index is 478. The zero-order valence-corrected chi connectivity index (χ0v) is 10.1. The second-order valence-corrected chi connectivity index (χ2v) is 5.93. The Kier molecular flexibility index (Phi) is 3.93. The van der Waals surface area contributed by atoms with Crippen LogP contribution < -0.4 is 5.11 Å². The summed E-state index contributed by atoms with van der Waals surface area (Å²) in [5.74, 6) is -2.89. The molecule has 0 aliphatic carbocycles. The lowest BCUT2D eigenvalue weighted by Gasteiger charge is -2.12. The van der Waals surface area contributed by atoms with Crippen LogP contribution in [0.5, 0.6) is 0 Å². The van der Waals surface area contributed by atoms with E-state index < -0.39 is 27.5 Å². The minimum absolute atomic E-state index is 0.0602. The molecular formula is C10H10ClO4S-. The van der Waals surface area contributed by atoms with Crippen LogP contribution in [-0.4, -0.2) is 20.1 Å². The molecule has 0 fully saturated rings. The van der Waals surface area contributed by atoms with E-state index in [4.69, 9.17) is 11.6 Å². The van der Waals surface area contributed by atoms with Crippen molar-refractivity contribution in [3.05, 3.63) is 29.3 Å². The van der Waals surface area contributed by atoms with E-state index in [0.717, 1.165) is 0 Å². The van der Waals surface area contributed by atoms with Gasteiger partial charge in [0.15, 0.2) is 9.84 Å². The number of hydrogen-bond acceptors (Lipinski definition) is 4. The number of hydrogen-bond donors (Lipinski definition) is 0. The predicted octanol–water partition coefficient (Wildman–Crippen LogP) is 0.500. The molecule has 1 aromatic rings. The molecule has 0 saturated heterocycles. The monoisotopic (exact) mass is 261 g/mol. The lowest BCUT2D eigenvalue weighted by molar-refractivity contribution is -0.310. The summed E-state index contributed by atoms with van der Waals surface area (Å²) in [6.07, 6.45) is 0. The standard InChI is InChI=1S/C10H11ClO4S/c1-7(10(12)13)6-16(14,15)9-4-2-8(11)3-5-9/h2-5,7H,6H2,1H3,(H,12,13)/p-1/t7-/m0/s1. The molecule has 0 saturated carbocycles. The fourth-order valence-electron chi connectivity index (χ4n) is 1.14. The van der Waals surface area contributed by atoms with Gasteiger partial charge < -0.3 is 9.90 Å². The van der Waals surface area contributed by atoms with Crippen molar-refractivity contribution in [3.63, 3.8) is 0 Å². The van der Waals surface area contributed by atoms with E-state index in [0.29, 0.717) is 5.02 Å². The topological polar surface area (TPSA) is 74.3 Å². The Labute approximate surface area is 98.8 Å². The van der Waals surface area contributed by atoms with Gasteiger partial charge in [-0.25, -0.2) is 8.42 Å². The summed E-state index contributed by atoms with van der Waals surface area (Å²) in [7, 11) is -3.60. The summed E-state index contributed by atoms with van der Waals surface area (Å²) in [5, 5.41) is 10.9. The average Bonchev–Trinajstić information content (AvgIpc) is 2.17. The van der Waals surface area contributed by atoms with E-state index in [9.17, 15) is 18.3 Å². The molecule has 1 atom stereocenters. The Hall–Kier alpha value is -1.07. The molecule has 6 heteroatoms. The Morgan fingerprint density at radius 3 is 2.31 bits per heavy atom. The van der Waals surface area contributed by atoms with E-state index in [1.807, 2.05) is 0 Å². The third-order valence-corrected chi connectivity index (χ3v) is 4.23. The second kappa shape index (κ2) is 4.84. The van der Waals surface area contributed by atoms with Gasteiger partial charge >= 0.3 is 0 Å². The molecule has 0 aromatic heterocycles. The molecule has 88 valence electrons. The van der Waals surface area contributed by atoms with Gasteiger partial charge in [-0.05, 0) is 24.3 Å². The lowest BCUT2D eigenvalue weighted by atomic mass is 10.2. The van der Waals surface area contributed by atoms with Gasteiger partial charge in [0, 0.05) is 16.9 Å². The van der Waals surface area contributed by atoms with Crippen LogP contribution in [-0.2, 0) is 14.6 Å². The first kappa shape index (κ1) is 13.0. The molecule has 0 N–H and O–H groups in total. The number of carbonyl (C=O) groups excluding carboxylic acids is 1. The first-order valence-corrected chi connectivity index (χ1v) is 6.55. The van der Waals surface area contributed by atoms with Gasteiger partial charge in [-0.3, -0.25) is 0 Å².